The maximum absolute atomic E-state index is 13.1. The number of anilines is 4. The smallest absolute Gasteiger partial charge is 0.258 e. The van der Waals surface area contributed by atoms with E-state index in [1.54, 1.807) is 25.9 Å². The molecule has 0 unspecified atom stereocenters. The molecular weight excluding hydrogens is 793 g/mol. The fourth-order valence-corrected chi connectivity index (χ4v) is 9.66. The Hall–Kier alpha value is -6.02. The molecule has 6 heterocycles. The zero-order chi connectivity index (χ0) is 43.3. The van der Waals surface area contributed by atoms with Crippen molar-refractivity contribution >= 4 is 44.6 Å². The van der Waals surface area contributed by atoms with Gasteiger partial charge in [0.15, 0.2) is 0 Å². The molecule has 13 nitrogen and oxygen atoms in total. The standard InChI is InChI=1S/C26H32N4O3.C24H28N4O2/c1-32-18-30-24-16-19(5-10-22(24)25-23(26(30)31)4-3-11-27-25)17-28-12-14-29(15-13-28)20-6-8-21(33-2)9-7-20;1-30-19-7-5-18(6-8-19)28-13-11-27(12-14-28)16-17-4-9-20-22(15-17)26-24(29)21-3-2-10-25-23(20)21/h5-10,16,27H,3-4,11-15,17-18H2,1-2H3;4-9,15,25H,2-3,10-14,16H2,1H3,(H,26,29). The summed E-state index contributed by atoms with van der Waals surface area (Å²) in [6.07, 6.45) is 3.68. The van der Waals surface area contributed by atoms with Crippen molar-refractivity contribution < 1.29 is 14.2 Å². The molecule has 0 radical (unpaired) electrons. The summed E-state index contributed by atoms with van der Waals surface area (Å²) in [6, 6.07) is 29.6. The first kappa shape index (κ1) is 42.3. The second-order valence-corrected chi connectivity index (χ2v) is 17.0. The van der Waals surface area contributed by atoms with Crippen LogP contribution in [0.5, 0.6) is 11.5 Å². The Labute approximate surface area is 369 Å². The van der Waals surface area contributed by atoms with Crippen LogP contribution in [0, 0.1) is 0 Å². The van der Waals surface area contributed by atoms with Gasteiger partial charge in [0.2, 0.25) is 0 Å². The first-order chi connectivity index (χ1) is 30.9. The number of ether oxygens (including phenoxy) is 3. The van der Waals surface area contributed by atoms with Crippen molar-refractivity contribution in [2.75, 3.05) is 107 Å². The van der Waals surface area contributed by atoms with E-state index >= 15 is 0 Å². The first-order valence-corrected chi connectivity index (χ1v) is 22.4. The lowest BCUT2D eigenvalue weighted by atomic mass is 10.00. The summed E-state index contributed by atoms with van der Waals surface area (Å²) in [5.41, 5.74) is 10.8. The number of aromatic nitrogens is 2. The third-order valence-corrected chi connectivity index (χ3v) is 13.1. The Bertz CT molecular complexity index is 2650. The Morgan fingerprint density at radius 3 is 1.62 bits per heavy atom. The molecule has 2 fully saturated rings. The summed E-state index contributed by atoms with van der Waals surface area (Å²) in [7, 11) is 5.03. The van der Waals surface area contributed by atoms with Crippen LogP contribution in [0.15, 0.2) is 94.5 Å². The number of methoxy groups -OCH3 is 3. The number of pyridine rings is 2. The van der Waals surface area contributed by atoms with Crippen LogP contribution in [-0.2, 0) is 37.4 Å². The minimum atomic E-state index is 0.0509. The SMILES string of the molecule is COCn1c(=O)c2c(c3ccc(CN4CCN(c5ccc(OC)cc5)CC4)cc31)NCCC2.COc1ccc(N2CCN(Cc3ccc4c5c(c(=O)[nH]c4c3)CCCN5)CC2)cc1. The van der Waals surface area contributed by atoms with Crippen LogP contribution in [0.2, 0.25) is 0 Å². The number of hydrogen-bond donors (Lipinski definition) is 3. The molecule has 0 saturated carbocycles. The second-order valence-electron chi connectivity index (χ2n) is 17.0. The van der Waals surface area contributed by atoms with Gasteiger partial charge in [-0.3, -0.25) is 24.0 Å². The van der Waals surface area contributed by atoms with E-state index in [1.165, 1.54) is 22.5 Å². The zero-order valence-electron chi connectivity index (χ0n) is 36.9. The van der Waals surface area contributed by atoms with E-state index in [1.807, 2.05) is 24.3 Å². The Morgan fingerprint density at radius 1 is 0.571 bits per heavy atom. The van der Waals surface area contributed by atoms with Crippen LogP contribution in [-0.4, -0.2) is 106 Å². The topological polar surface area (TPSA) is 120 Å². The molecule has 6 aromatic rings. The van der Waals surface area contributed by atoms with Gasteiger partial charge in [0.05, 0.1) is 36.6 Å². The van der Waals surface area contributed by atoms with Gasteiger partial charge in [-0.25, -0.2) is 0 Å². The van der Waals surface area contributed by atoms with E-state index in [9.17, 15) is 9.59 Å². The summed E-state index contributed by atoms with van der Waals surface area (Å²) in [4.78, 5) is 38.5. The fourth-order valence-electron chi connectivity index (χ4n) is 9.66. The van der Waals surface area contributed by atoms with E-state index in [-0.39, 0.29) is 17.8 Å². The molecule has 0 atom stereocenters. The molecule has 0 spiro atoms. The van der Waals surface area contributed by atoms with Gasteiger partial charge in [-0.15, -0.1) is 0 Å². The van der Waals surface area contributed by atoms with E-state index < -0.39 is 0 Å². The molecule has 0 amide bonds. The lowest BCUT2D eigenvalue weighted by molar-refractivity contribution is 0.131. The van der Waals surface area contributed by atoms with Crippen LogP contribution in [0.4, 0.5) is 22.7 Å². The minimum absolute atomic E-state index is 0.0509. The maximum Gasteiger partial charge on any atom is 0.258 e. The molecule has 4 aromatic carbocycles. The average Bonchev–Trinajstić information content (AvgIpc) is 3.34. The van der Waals surface area contributed by atoms with Crippen molar-refractivity contribution in [2.24, 2.45) is 0 Å². The van der Waals surface area contributed by atoms with Gasteiger partial charge in [0.25, 0.3) is 11.1 Å². The van der Waals surface area contributed by atoms with Gasteiger partial charge < -0.3 is 39.6 Å². The van der Waals surface area contributed by atoms with Crippen LogP contribution in [0.25, 0.3) is 21.8 Å². The molecule has 2 saturated heterocycles. The van der Waals surface area contributed by atoms with Crippen molar-refractivity contribution in [2.45, 2.75) is 45.5 Å². The summed E-state index contributed by atoms with van der Waals surface area (Å²) >= 11 is 0. The Morgan fingerprint density at radius 2 is 1.08 bits per heavy atom. The average molecular weight is 853 g/mol. The van der Waals surface area contributed by atoms with Crippen LogP contribution >= 0.6 is 0 Å². The number of H-pyrrole nitrogens is 1. The highest BCUT2D eigenvalue weighted by Gasteiger charge is 2.23. The third-order valence-electron chi connectivity index (χ3n) is 13.1. The highest BCUT2D eigenvalue weighted by molar-refractivity contribution is 5.94. The number of piperazine rings is 2. The normalized spacial score (nSPS) is 16.7. The van der Waals surface area contributed by atoms with Crippen LogP contribution in [0.3, 0.4) is 0 Å². The number of aromatic amines is 1. The predicted molar refractivity (Wildman–Crippen MR) is 254 cm³/mol. The lowest BCUT2D eigenvalue weighted by Gasteiger charge is -2.36. The number of hydrogen-bond acceptors (Lipinski definition) is 11. The number of fused-ring (bicyclic) bond motifs is 6. The van der Waals surface area contributed by atoms with Crippen LogP contribution in [0.1, 0.15) is 35.1 Å². The predicted octanol–water partition coefficient (Wildman–Crippen LogP) is 6.51. The highest BCUT2D eigenvalue weighted by atomic mass is 16.5. The van der Waals surface area contributed by atoms with E-state index in [0.717, 1.165) is 160 Å². The second kappa shape index (κ2) is 19.2. The largest absolute Gasteiger partial charge is 0.497 e. The monoisotopic (exact) mass is 852 g/mol. The zero-order valence-corrected chi connectivity index (χ0v) is 36.9. The minimum Gasteiger partial charge on any atom is -0.497 e. The van der Waals surface area contributed by atoms with Crippen molar-refractivity contribution in [3.63, 3.8) is 0 Å². The van der Waals surface area contributed by atoms with Gasteiger partial charge >= 0.3 is 0 Å². The van der Waals surface area contributed by atoms with Crippen molar-refractivity contribution in [1.82, 2.24) is 19.4 Å². The number of nitrogens with zero attached hydrogens (tertiary/aromatic N) is 5. The van der Waals surface area contributed by atoms with Gasteiger partial charge in [-0.1, -0.05) is 24.3 Å². The van der Waals surface area contributed by atoms with Crippen molar-refractivity contribution in [1.29, 1.82) is 0 Å². The molecule has 13 heteroatoms. The van der Waals surface area contributed by atoms with Gasteiger partial charge in [0, 0.05) is 119 Å². The first-order valence-electron chi connectivity index (χ1n) is 22.4. The lowest BCUT2D eigenvalue weighted by Crippen LogP contribution is -2.45. The fraction of sp³-hybridized carbons (Fsp3) is 0.400. The van der Waals surface area contributed by atoms with E-state index in [4.69, 9.17) is 14.2 Å². The van der Waals surface area contributed by atoms with Gasteiger partial charge in [-0.2, -0.15) is 0 Å². The summed E-state index contributed by atoms with van der Waals surface area (Å²) in [5.74, 6) is 1.78. The van der Waals surface area contributed by atoms with E-state index in [0.29, 0.717) is 0 Å². The third kappa shape index (κ3) is 9.22. The molecule has 63 heavy (non-hydrogen) atoms. The van der Waals surface area contributed by atoms with Crippen LogP contribution < -0.4 is 41.0 Å². The number of rotatable bonds is 10. The molecule has 330 valence electrons. The summed E-state index contributed by atoms with van der Waals surface area (Å²) in [6.45, 7) is 11.9. The molecular formula is C50H60N8O5. The molecule has 3 N–H and O–H groups in total. The number of nitrogens with one attached hydrogen (secondary N) is 3. The molecule has 0 aliphatic carbocycles. The molecule has 10 rings (SSSR count). The molecule has 2 aromatic heterocycles. The number of benzene rings is 4. The molecule has 4 aliphatic heterocycles. The van der Waals surface area contributed by atoms with Gasteiger partial charge in [-0.05, 0) is 97.5 Å². The van der Waals surface area contributed by atoms with Gasteiger partial charge in [0.1, 0.15) is 18.2 Å². The molecule has 4 aliphatic rings. The Balaban J connectivity index is 0.000000161. The highest BCUT2D eigenvalue weighted by Crippen LogP contribution is 2.31. The quantitative estimate of drug-likeness (QED) is 0.140. The maximum atomic E-state index is 13.1. The summed E-state index contributed by atoms with van der Waals surface area (Å²) < 4.78 is 17.7. The van der Waals surface area contributed by atoms with E-state index in [2.05, 4.69) is 95.9 Å². The van der Waals surface area contributed by atoms with Crippen molar-refractivity contribution in [3.8, 4) is 11.5 Å². The Kier molecular flexibility index (Phi) is 12.9. The van der Waals surface area contributed by atoms with Crippen molar-refractivity contribution in [3.05, 3.63) is 128 Å². The molecule has 0 bridgehead atoms. The summed E-state index contributed by atoms with van der Waals surface area (Å²) in [5, 5.41) is 9.13.